The molecule has 0 bridgehead atoms. The lowest BCUT2D eigenvalue weighted by atomic mass is 9.92. The Bertz CT molecular complexity index is 799. The molecule has 1 heterocycles. The van der Waals surface area contributed by atoms with E-state index in [0.29, 0.717) is 5.71 Å². The van der Waals surface area contributed by atoms with E-state index in [-0.39, 0.29) is 11.8 Å². The monoisotopic (exact) mass is 386 g/mol. The number of hydrogen-bond acceptors (Lipinski definition) is 3. The highest BCUT2D eigenvalue weighted by Gasteiger charge is 2.43. The van der Waals surface area contributed by atoms with Crippen molar-refractivity contribution in [3.63, 3.8) is 0 Å². The molecule has 1 aliphatic rings. The van der Waals surface area contributed by atoms with Crippen LogP contribution in [0.25, 0.3) is 0 Å². The fourth-order valence-electron chi connectivity index (χ4n) is 2.86. The van der Waals surface area contributed by atoms with Crippen LogP contribution in [-0.2, 0) is 10.5 Å². The predicted molar refractivity (Wildman–Crippen MR) is 98.3 cm³/mol. The number of benzene rings is 2. The summed E-state index contributed by atoms with van der Waals surface area (Å²) in [5.41, 5.74) is 1.45. The number of carbonyl (C=O) groups is 1. The lowest BCUT2D eigenvalue weighted by Crippen LogP contribution is -2.41. The summed E-state index contributed by atoms with van der Waals surface area (Å²) in [6.45, 7) is 3.95. The van der Waals surface area contributed by atoms with E-state index in [1.165, 1.54) is 0 Å². The normalized spacial score (nSPS) is 20.0. The van der Waals surface area contributed by atoms with Gasteiger partial charge >= 0.3 is 0 Å². The third-order valence-corrected chi connectivity index (χ3v) is 4.61. The maximum atomic E-state index is 12.5. The number of methoxy groups -OCH3 is 1. The van der Waals surface area contributed by atoms with Crippen LogP contribution >= 0.6 is 15.9 Å². The summed E-state index contributed by atoms with van der Waals surface area (Å²) in [7, 11) is 1.63. The van der Waals surface area contributed by atoms with Gasteiger partial charge in [-0.1, -0.05) is 54.0 Å². The molecule has 1 unspecified atom stereocenters. The van der Waals surface area contributed by atoms with Crippen molar-refractivity contribution in [1.82, 2.24) is 5.32 Å². The van der Waals surface area contributed by atoms with E-state index in [4.69, 9.17) is 9.73 Å². The van der Waals surface area contributed by atoms with E-state index < -0.39 is 5.66 Å². The van der Waals surface area contributed by atoms with Gasteiger partial charge in [0.25, 0.3) is 5.91 Å². The van der Waals surface area contributed by atoms with Crippen molar-refractivity contribution in [2.75, 3.05) is 7.11 Å². The maximum Gasteiger partial charge on any atom is 0.267 e. The smallest absolute Gasteiger partial charge is 0.267 e. The maximum absolute atomic E-state index is 12.5. The molecule has 1 N–H and O–H groups in total. The number of carbonyl (C=O) groups excluding carboxylic acids is 1. The van der Waals surface area contributed by atoms with E-state index in [1.807, 2.05) is 62.4 Å². The molecule has 2 aromatic carbocycles. The Hall–Kier alpha value is -2.14. The minimum Gasteiger partial charge on any atom is -0.497 e. The zero-order valence-corrected chi connectivity index (χ0v) is 15.4. The molecular weight excluding hydrogens is 368 g/mol. The van der Waals surface area contributed by atoms with Crippen LogP contribution in [0.2, 0.25) is 0 Å². The number of amides is 1. The topological polar surface area (TPSA) is 50.7 Å². The van der Waals surface area contributed by atoms with Crippen LogP contribution in [0.5, 0.6) is 5.75 Å². The summed E-state index contributed by atoms with van der Waals surface area (Å²) in [5.74, 6) is 0.693. The van der Waals surface area contributed by atoms with Gasteiger partial charge in [-0.2, -0.15) is 0 Å². The average Bonchev–Trinajstić information content (AvgIpc) is 2.94. The van der Waals surface area contributed by atoms with Crippen molar-refractivity contribution in [3.05, 3.63) is 64.1 Å². The van der Waals surface area contributed by atoms with E-state index >= 15 is 0 Å². The Morgan fingerprint density at radius 3 is 2.38 bits per heavy atom. The summed E-state index contributed by atoms with van der Waals surface area (Å²) in [4.78, 5) is 17.3. The molecule has 4 nitrogen and oxygen atoms in total. The summed E-state index contributed by atoms with van der Waals surface area (Å²) >= 11 is 3.51. The van der Waals surface area contributed by atoms with Crippen molar-refractivity contribution in [3.8, 4) is 5.75 Å². The van der Waals surface area contributed by atoms with Gasteiger partial charge in [-0.05, 0) is 24.3 Å². The summed E-state index contributed by atoms with van der Waals surface area (Å²) in [6, 6.07) is 15.5. The molecule has 0 saturated carbocycles. The molecule has 3 rings (SSSR count). The first-order valence-electron chi connectivity index (χ1n) is 7.79. The van der Waals surface area contributed by atoms with Crippen molar-refractivity contribution in [1.29, 1.82) is 0 Å². The van der Waals surface area contributed by atoms with Crippen LogP contribution in [-0.4, -0.2) is 18.7 Å². The number of aliphatic imine (C=N–C) groups is 1. The van der Waals surface area contributed by atoms with Gasteiger partial charge in [0, 0.05) is 21.5 Å². The van der Waals surface area contributed by atoms with Gasteiger partial charge in [-0.15, -0.1) is 0 Å². The van der Waals surface area contributed by atoms with Gasteiger partial charge in [0.2, 0.25) is 0 Å². The molecule has 1 atom stereocenters. The lowest BCUT2D eigenvalue weighted by Gasteiger charge is -2.28. The SMILES string of the molecule is COc1ccc(C2(c3cccc(Br)c3)N=C(C(C)C)C(=O)N2)cc1. The molecule has 24 heavy (non-hydrogen) atoms. The summed E-state index contributed by atoms with van der Waals surface area (Å²) in [5, 5.41) is 3.09. The minimum absolute atomic E-state index is 0.0530. The van der Waals surface area contributed by atoms with Crippen molar-refractivity contribution in [2.24, 2.45) is 10.9 Å². The van der Waals surface area contributed by atoms with Gasteiger partial charge in [-0.3, -0.25) is 4.79 Å². The molecule has 0 radical (unpaired) electrons. The molecule has 124 valence electrons. The number of ether oxygens (including phenoxy) is 1. The Labute approximate surface area is 150 Å². The lowest BCUT2D eigenvalue weighted by molar-refractivity contribution is -0.115. The first kappa shape index (κ1) is 16.7. The van der Waals surface area contributed by atoms with Gasteiger partial charge in [-0.25, -0.2) is 4.99 Å². The largest absolute Gasteiger partial charge is 0.497 e. The minimum atomic E-state index is -0.910. The van der Waals surface area contributed by atoms with Gasteiger partial charge < -0.3 is 10.1 Å². The highest BCUT2D eigenvalue weighted by molar-refractivity contribution is 9.10. The molecular formula is C19H19BrN2O2. The Morgan fingerprint density at radius 2 is 1.83 bits per heavy atom. The highest BCUT2D eigenvalue weighted by Crippen LogP contribution is 2.37. The molecule has 0 saturated heterocycles. The third-order valence-electron chi connectivity index (χ3n) is 4.11. The van der Waals surface area contributed by atoms with Crippen LogP contribution in [0.1, 0.15) is 25.0 Å². The fraction of sp³-hybridized carbons (Fsp3) is 0.263. The summed E-state index contributed by atoms with van der Waals surface area (Å²) in [6.07, 6.45) is 0. The number of rotatable bonds is 4. The quantitative estimate of drug-likeness (QED) is 0.866. The zero-order valence-electron chi connectivity index (χ0n) is 13.8. The Kier molecular flexibility index (Phi) is 4.45. The molecule has 0 fully saturated rings. The fourth-order valence-corrected chi connectivity index (χ4v) is 3.26. The van der Waals surface area contributed by atoms with Crippen LogP contribution in [0.3, 0.4) is 0 Å². The molecule has 0 aromatic heterocycles. The van der Waals surface area contributed by atoms with Gasteiger partial charge in [0.1, 0.15) is 11.5 Å². The zero-order chi connectivity index (χ0) is 17.3. The summed E-state index contributed by atoms with van der Waals surface area (Å²) < 4.78 is 6.18. The molecule has 2 aromatic rings. The Morgan fingerprint density at radius 1 is 1.12 bits per heavy atom. The van der Waals surface area contributed by atoms with Crippen molar-refractivity contribution in [2.45, 2.75) is 19.5 Å². The predicted octanol–water partition coefficient (Wildman–Crippen LogP) is 3.89. The van der Waals surface area contributed by atoms with Crippen LogP contribution in [0, 0.1) is 5.92 Å². The molecule has 1 amide bonds. The van der Waals surface area contributed by atoms with E-state index in [2.05, 4.69) is 21.2 Å². The first-order chi connectivity index (χ1) is 11.5. The van der Waals surface area contributed by atoms with Crippen LogP contribution < -0.4 is 10.1 Å². The van der Waals surface area contributed by atoms with Crippen molar-refractivity contribution >= 4 is 27.5 Å². The second-order valence-electron chi connectivity index (χ2n) is 6.06. The van der Waals surface area contributed by atoms with E-state index in [0.717, 1.165) is 21.3 Å². The standard InChI is InChI=1S/C19H19BrN2O2/c1-12(2)17-18(23)22-19(21-17,14-5-4-6-15(20)11-14)13-7-9-16(24-3)10-8-13/h4-12H,1-3H3,(H,22,23). The molecule has 1 aliphatic heterocycles. The number of hydrogen-bond donors (Lipinski definition) is 1. The third kappa shape index (κ3) is 2.84. The molecule has 0 aliphatic carbocycles. The van der Waals surface area contributed by atoms with Crippen LogP contribution in [0.15, 0.2) is 58.0 Å². The molecule has 0 spiro atoms. The van der Waals surface area contributed by atoms with Crippen molar-refractivity contribution < 1.29 is 9.53 Å². The highest BCUT2D eigenvalue weighted by atomic mass is 79.9. The molecule has 5 heteroatoms. The van der Waals surface area contributed by atoms with Gasteiger partial charge in [0.15, 0.2) is 5.66 Å². The number of nitrogens with one attached hydrogen (secondary N) is 1. The first-order valence-corrected chi connectivity index (χ1v) is 8.58. The van der Waals surface area contributed by atoms with Crippen LogP contribution in [0.4, 0.5) is 0 Å². The second-order valence-corrected chi connectivity index (χ2v) is 6.97. The second kappa shape index (κ2) is 6.40. The Balaban J connectivity index is 2.20. The van der Waals surface area contributed by atoms with E-state index in [9.17, 15) is 4.79 Å². The number of nitrogens with zero attached hydrogens (tertiary/aromatic N) is 1. The van der Waals surface area contributed by atoms with E-state index in [1.54, 1.807) is 7.11 Å². The van der Waals surface area contributed by atoms with Gasteiger partial charge in [0.05, 0.1) is 7.11 Å². The average molecular weight is 387 g/mol. The number of halogens is 1.